The number of aromatic nitrogens is 1. The minimum absolute atomic E-state index is 0.159. The molecule has 11 nitrogen and oxygen atoms in total. The number of nitrogens with one attached hydrogen (secondary N) is 1. The van der Waals surface area contributed by atoms with E-state index in [1.165, 1.54) is 28.8 Å². The van der Waals surface area contributed by atoms with Gasteiger partial charge >= 0.3 is 4.87 Å². The molecule has 4 aromatic rings. The van der Waals surface area contributed by atoms with Crippen molar-refractivity contribution in [3.63, 3.8) is 0 Å². The number of thiazole rings is 1. The lowest BCUT2D eigenvalue weighted by atomic mass is 9.83. The van der Waals surface area contributed by atoms with E-state index in [-0.39, 0.29) is 22.8 Å². The average molecular weight is 630 g/mol. The van der Waals surface area contributed by atoms with Gasteiger partial charge in [0.2, 0.25) is 17.7 Å². The number of nitro groups is 1. The number of fused-ring (bicyclic) bond motifs is 2. The van der Waals surface area contributed by atoms with E-state index < -0.39 is 39.7 Å². The fourth-order valence-electron chi connectivity index (χ4n) is 5.64. The molecule has 3 unspecified atom stereocenters. The second kappa shape index (κ2) is 11.4. The number of rotatable bonds is 7. The van der Waals surface area contributed by atoms with Crippen molar-refractivity contribution in [1.29, 1.82) is 0 Å². The zero-order chi connectivity index (χ0) is 31.3. The van der Waals surface area contributed by atoms with Crippen LogP contribution >= 0.6 is 23.1 Å². The third-order valence-electron chi connectivity index (χ3n) is 7.74. The standard InChI is InChI=1S/C31H27N5O6S2/c1-17-5-4-6-19(15-17)32-23(37)16-34-30-27(44-31(34)40)24(18-7-9-20(10-8-18)33(2)3)25-26(43-30)29(39)35(28(25)38)21-11-13-22(14-12-21)36(41)42/h4-15,24-26H,16H2,1-3H3,(H,32,37). The lowest BCUT2D eigenvalue weighted by molar-refractivity contribution is -0.384. The van der Waals surface area contributed by atoms with Crippen LogP contribution in [-0.2, 0) is 20.9 Å². The molecule has 6 rings (SSSR count). The summed E-state index contributed by atoms with van der Waals surface area (Å²) in [5.74, 6) is -2.76. The van der Waals surface area contributed by atoms with Crippen LogP contribution in [0.25, 0.3) is 0 Å². The molecule has 0 saturated carbocycles. The fraction of sp³-hybridized carbons (Fsp3) is 0.226. The van der Waals surface area contributed by atoms with Crippen molar-refractivity contribution in [2.45, 2.75) is 29.7 Å². The highest BCUT2D eigenvalue weighted by Gasteiger charge is 2.56. The van der Waals surface area contributed by atoms with Crippen LogP contribution in [0.15, 0.2) is 82.6 Å². The van der Waals surface area contributed by atoms with Crippen molar-refractivity contribution in [3.05, 3.63) is 109 Å². The number of aryl methyl sites for hydroxylation is 1. The molecular formula is C31H27N5O6S2. The average Bonchev–Trinajstić information content (AvgIpc) is 3.43. The number of non-ortho nitro benzene ring substituents is 1. The summed E-state index contributed by atoms with van der Waals surface area (Å²) in [4.78, 5) is 68.3. The number of amides is 3. The maximum absolute atomic E-state index is 14.0. The minimum atomic E-state index is -0.871. The molecule has 1 fully saturated rings. The molecule has 224 valence electrons. The van der Waals surface area contributed by atoms with Crippen LogP contribution in [0.2, 0.25) is 0 Å². The van der Waals surface area contributed by atoms with E-state index in [9.17, 15) is 29.3 Å². The Hall–Kier alpha value is -4.75. The number of nitro benzene ring substituents is 1. The lowest BCUT2D eigenvalue weighted by Gasteiger charge is -2.31. The highest BCUT2D eigenvalue weighted by Crippen LogP contribution is 2.54. The Balaban J connectivity index is 1.40. The van der Waals surface area contributed by atoms with Gasteiger partial charge in [-0.15, -0.1) is 0 Å². The quantitative estimate of drug-likeness (QED) is 0.178. The highest BCUT2D eigenvalue weighted by atomic mass is 32.2. The van der Waals surface area contributed by atoms with Crippen LogP contribution in [0.4, 0.5) is 22.7 Å². The smallest absolute Gasteiger partial charge is 0.308 e. The second-order valence-corrected chi connectivity index (χ2v) is 13.0. The summed E-state index contributed by atoms with van der Waals surface area (Å²) in [6.07, 6.45) is 0. The van der Waals surface area contributed by atoms with Crippen molar-refractivity contribution in [2.75, 3.05) is 29.2 Å². The van der Waals surface area contributed by atoms with E-state index in [0.717, 1.165) is 44.8 Å². The Morgan fingerprint density at radius 3 is 2.34 bits per heavy atom. The van der Waals surface area contributed by atoms with Crippen LogP contribution in [-0.4, -0.2) is 46.6 Å². The maximum atomic E-state index is 14.0. The molecule has 0 aliphatic carbocycles. The molecule has 3 heterocycles. The van der Waals surface area contributed by atoms with E-state index >= 15 is 0 Å². The van der Waals surface area contributed by atoms with E-state index in [2.05, 4.69) is 5.32 Å². The van der Waals surface area contributed by atoms with E-state index in [1.807, 2.05) is 68.4 Å². The molecule has 0 spiro atoms. The summed E-state index contributed by atoms with van der Waals surface area (Å²) >= 11 is 2.09. The van der Waals surface area contributed by atoms with Crippen molar-refractivity contribution in [2.24, 2.45) is 5.92 Å². The third-order valence-corrected chi connectivity index (χ3v) is 10.3. The van der Waals surface area contributed by atoms with Crippen LogP contribution in [0.5, 0.6) is 0 Å². The second-order valence-electron chi connectivity index (χ2n) is 10.9. The summed E-state index contributed by atoms with van der Waals surface area (Å²) in [7, 11) is 3.82. The van der Waals surface area contributed by atoms with Gasteiger partial charge < -0.3 is 10.2 Å². The Bertz CT molecular complexity index is 1870. The first-order chi connectivity index (χ1) is 21.0. The molecule has 44 heavy (non-hydrogen) atoms. The van der Waals surface area contributed by atoms with Crippen molar-refractivity contribution in [3.8, 4) is 0 Å². The molecule has 3 atom stereocenters. The number of hydrogen-bond acceptors (Lipinski definition) is 9. The number of anilines is 3. The number of hydrogen-bond donors (Lipinski definition) is 1. The molecule has 2 aliphatic rings. The van der Waals surface area contributed by atoms with Gasteiger partial charge in [-0.2, -0.15) is 0 Å². The minimum Gasteiger partial charge on any atom is -0.378 e. The fourth-order valence-corrected chi connectivity index (χ4v) is 8.41. The zero-order valence-electron chi connectivity index (χ0n) is 23.9. The van der Waals surface area contributed by atoms with Crippen LogP contribution in [0.3, 0.4) is 0 Å². The molecule has 3 amide bonds. The van der Waals surface area contributed by atoms with Gasteiger partial charge in [-0.25, -0.2) is 4.90 Å². The first-order valence-corrected chi connectivity index (χ1v) is 15.4. The number of imide groups is 1. The Morgan fingerprint density at radius 1 is 1.00 bits per heavy atom. The zero-order valence-corrected chi connectivity index (χ0v) is 25.6. The van der Waals surface area contributed by atoms with Crippen LogP contribution in [0.1, 0.15) is 21.9 Å². The SMILES string of the molecule is Cc1cccc(NC(=O)Cn2c3c(sc2=O)C(c2ccc(N(C)C)cc2)C2C(=O)N(c4ccc([N+](=O)[O-])cc4)C(=O)C2S3)c1. The largest absolute Gasteiger partial charge is 0.378 e. The Kier molecular flexibility index (Phi) is 7.59. The van der Waals surface area contributed by atoms with E-state index in [1.54, 1.807) is 6.07 Å². The monoisotopic (exact) mass is 629 g/mol. The summed E-state index contributed by atoms with van der Waals surface area (Å²) in [6.45, 7) is 1.65. The van der Waals surface area contributed by atoms with Gasteiger partial charge in [0.15, 0.2) is 0 Å². The first kappa shape index (κ1) is 29.3. The Morgan fingerprint density at radius 2 is 1.70 bits per heavy atom. The predicted molar refractivity (Wildman–Crippen MR) is 170 cm³/mol. The summed E-state index contributed by atoms with van der Waals surface area (Å²) in [6, 6.07) is 20.2. The van der Waals surface area contributed by atoms with Gasteiger partial charge in [0, 0.05) is 48.4 Å². The molecule has 13 heteroatoms. The number of thioether (sulfide) groups is 1. The normalized spacial score (nSPS) is 19.0. The number of carbonyl (C=O) groups excluding carboxylic acids is 3. The van der Waals surface area contributed by atoms with Crippen molar-refractivity contribution in [1.82, 2.24) is 4.57 Å². The van der Waals surface area contributed by atoms with Crippen LogP contribution < -0.4 is 20.0 Å². The number of carbonyl (C=O) groups is 3. The molecule has 1 N–H and O–H groups in total. The van der Waals surface area contributed by atoms with Gasteiger partial charge in [0.05, 0.1) is 21.6 Å². The topological polar surface area (TPSA) is 135 Å². The summed E-state index contributed by atoms with van der Waals surface area (Å²) in [5.41, 5.74) is 3.36. The highest BCUT2D eigenvalue weighted by molar-refractivity contribution is 8.00. The van der Waals surface area contributed by atoms with Gasteiger partial charge in [-0.05, 0) is 54.4 Å². The van der Waals surface area contributed by atoms with E-state index in [0.29, 0.717) is 15.6 Å². The van der Waals surface area contributed by atoms with Gasteiger partial charge in [0.1, 0.15) is 11.8 Å². The van der Waals surface area contributed by atoms with Crippen LogP contribution in [0, 0.1) is 23.0 Å². The maximum Gasteiger partial charge on any atom is 0.308 e. The molecule has 1 saturated heterocycles. The molecule has 0 radical (unpaired) electrons. The van der Waals surface area contributed by atoms with Gasteiger partial charge in [-0.1, -0.05) is 47.4 Å². The molecule has 0 bridgehead atoms. The summed E-state index contributed by atoms with van der Waals surface area (Å²) < 4.78 is 1.37. The van der Waals surface area contributed by atoms with Crippen molar-refractivity contribution < 1.29 is 19.3 Å². The number of nitrogens with zero attached hydrogens (tertiary/aromatic N) is 4. The predicted octanol–water partition coefficient (Wildman–Crippen LogP) is 4.63. The van der Waals surface area contributed by atoms with Gasteiger partial charge in [0.25, 0.3) is 5.69 Å². The molecular weight excluding hydrogens is 603 g/mol. The molecule has 3 aromatic carbocycles. The Labute approximate surface area is 260 Å². The van der Waals surface area contributed by atoms with E-state index in [4.69, 9.17) is 0 Å². The lowest BCUT2D eigenvalue weighted by Crippen LogP contribution is -2.33. The first-order valence-electron chi connectivity index (χ1n) is 13.7. The third kappa shape index (κ3) is 5.18. The summed E-state index contributed by atoms with van der Waals surface area (Å²) in [5, 5.41) is 13.6. The number of benzene rings is 3. The van der Waals surface area contributed by atoms with Crippen molar-refractivity contribution >= 4 is 63.6 Å². The van der Waals surface area contributed by atoms with Gasteiger partial charge in [-0.3, -0.25) is 33.9 Å². The molecule has 2 aliphatic heterocycles. The molecule has 1 aromatic heterocycles.